The fourth-order valence-corrected chi connectivity index (χ4v) is 5.12. The number of benzene rings is 3. The molecular formula is C30H34O2. The summed E-state index contributed by atoms with van der Waals surface area (Å²) in [7, 11) is 0. The largest absolute Gasteiger partial charge is 0.426 e. The van der Waals surface area contributed by atoms with Gasteiger partial charge in [-0.3, -0.25) is 4.79 Å². The Labute approximate surface area is 192 Å². The summed E-state index contributed by atoms with van der Waals surface area (Å²) in [6, 6.07) is 19.1. The molecule has 0 aliphatic carbocycles. The molecule has 2 nitrogen and oxygen atoms in total. The molecule has 166 valence electrons. The standard InChI is InChI=1S/C30H34O2/c1-18-13-9-11-15-20(18)22-17-23-25(27(28(31)32-23)30(6,7)8)26(29(3,4)5)24(22)21-16-12-10-14-19(21)2/h9-17,27H,1-8H3. The zero-order valence-electron chi connectivity index (χ0n) is 20.6. The Balaban J connectivity index is 2.22. The van der Waals surface area contributed by atoms with Gasteiger partial charge in [0.1, 0.15) is 5.75 Å². The molecule has 1 unspecified atom stereocenters. The Bertz CT molecular complexity index is 1200. The monoisotopic (exact) mass is 426 g/mol. The molecule has 0 radical (unpaired) electrons. The van der Waals surface area contributed by atoms with Crippen LogP contribution in [0.2, 0.25) is 0 Å². The summed E-state index contributed by atoms with van der Waals surface area (Å²) in [4.78, 5) is 13.2. The second-order valence-corrected chi connectivity index (χ2v) is 11.2. The molecule has 0 N–H and O–H groups in total. The number of hydrogen-bond acceptors (Lipinski definition) is 2. The van der Waals surface area contributed by atoms with Gasteiger partial charge in [0.05, 0.1) is 5.92 Å². The van der Waals surface area contributed by atoms with Crippen LogP contribution in [-0.4, -0.2) is 5.97 Å². The van der Waals surface area contributed by atoms with Crippen LogP contribution in [0.15, 0.2) is 54.6 Å². The van der Waals surface area contributed by atoms with Gasteiger partial charge in [0.2, 0.25) is 0 Å². The zero-order chi connectivity index (χ0) is 23.4. The molecule has 0 saturated heterocycles. The molecule has 3 aromatic carbocycles. The summed E-state index contributed by atoms with van der Waals surface area (Å²) in [5.41, 5.74) is 9.02. The SMILES string of the molecule is Cc1ccccc1-c1cc2c(c(C(C)(C)C)c1-c1ccccc1C)C(C(C)(C)C)C(=O)O2. The predicted molar refractivity (Wildman–Crippen MR) is 133 cm³/mol. The molecule has 0 fully saturated rings. The lowest BCUT2D eigenvalue weighted by atomic mass is 9.68. The average Bonchev–Trinajstić information content (AvgIpc) is 3.02. The normalized spacial score (nSPS) is 16.1. The first-order valence-electron chi connectivity index (χ1n) is 11.5. The number of rotatable bonds is 2. The van der Waals surface area contributed by atoms with Gasteiger partial charge in [0.15, 0.2) is 0 Å². The zero-order valence-corrected chi connectivity index (χ0v) is 20.6. The number of hydrogen-bond donors (Lipinski definition) is 0. The average molecular weight is 427 g/mol. The van der Waals surface area contributed by atoms with E-state index >= 15 is 0 Å². The van der Waals surface area contributed by atoms with Crippen molar-refractivity contribution in [3.8, 4) is 28.0 Å². The van der Waals surface area contributed by atoms with Crippen LogP contribution in [0.4, 0.5) is 0 Å². The quantitative estimate of drug-likeness (QED) is 0.307. The fraction of sp³-hybridized carbons (Fsp3) is 0.367. The molecule has 4 rings (SSSR count). The highest BCUT2D eigenvalue weighted by Crippen LogP contribution is 2.55. The molecule has 1 atom stereocenters. The highest BCUT2D eigenvalue weighted by atomic mass is 16.5. The summed E-state index contributed by atoms with van der Waals surface area (Å²) >= 11 is 0. The number of carbonyl (C=O) groups excluding carboxylic acids is 1. The van der Waals surface area contributed by atoms with Gasteiger partial charge in [-0.1, -0.05) is 90.1 Å². The minimum Gasteiger partial charge on any atom is -0.426 e. The van der Waals surface area contributed by atoms with E-state index in [4.69, 9.17) is 4.74 Å². The highest BCUT2D eigenvalue weighted by Gasteiger charge is 2.46. The van der Waals surface area contributed by atoms with Gasteiger partial charge < -0.3 is 4.74 Å². The van der Waals surface area contributed by atoms with Crippen molar-refractivity contribution in [2.75, 3.05) is 0 Å². The van der Waals surface area contributed by atoms with Crippen LogP contribution >= 0.6 is 0 Å². The molecule has 3 aromatic rings. The predicted octanol–water partition coefficient (Wildman–Crippen LogP) is 7.98. The summed E-state index contributed by atoms with van der Waals surface area (Å²) in [6.07, 6.45) is 0. The smallest absolute Gasteiger partial charge is 0.319 e. The maximum atomic E-state index is 13.2. The minimum atomic E-state index is -0.291. The van der Waals surface area contributed by atoms with Gasteiger partial charge in [-0.2, -0.15) is 0 Å². The molecule has 1 heterocycles. The van der Waals surface area contributed by atoms with Crippen molar-refractivity contribution < 1.29 is 9.53 Å². The lowest BCUT2D eigenvalue weighted by Gasteiger charge is -2.33. The van der Waals surface area contributed by atoms with Crippen LogP contribution in [0.3, 0.4) is 0 Å². The third-order valence-electron chi connectivity index (χ3n) is 6.53. The van der Waals surface area contributed by atoms with Gasteiger partial charge in [0.25, 0.3) is 0 Å². The highest BCUT2D eigenvalue weighted by molar-refractivity contribution is 5.96. The third kappa shape index (κ3) is 3.66. The van der Waals surface area contributed by atoms with Crippen molar-refractivity contribution in [2.45, 2.75) is 66.7 Å². The molecular weight excluding hydrogens is 392 g/mol. The van der Waals surface area contributed by atoms with Gasteiger partial charge >= 0.3 is 5.97 Å². The van der Waals surface area contributed by atoms with Gasteiger partial charge in [-0.15, -0.1) is 0 Å². The maximum absolute atomic E-state index is 13.2. The van der Waals surface area contributed by atoms with Crippen LogP contribution < -0.4 is 4.74 Å². The molecule has 1 aliphatic rings. The van der Waals surface area contributed by atoms with Crippen molar-refractivity contribution in [2.24, 2.45) is 5.41 Å². The van der Waals surface area contributed by atoms with E-state index < -0.39 is 0 Å². The van der Waals surface area contributed by atoms with Crippen molar-refractivity contribution in [1.82, 2.24) is 0 Å². The molecule has 0 amide bonds. The summed E-state index contributed by atoms with van der Waals surface area (Å²) < 4.78 is 5.97. The Kier molecular flexibility index (Phi) is 5.32. The van der Waals surface area contributed by atoms with Crippen LogP contribution in [-0.2, 0) is 10.2 Å². The van der Waals surface area contributed by atoms with E-state index in [1.54, 1.807) is 0 Å². The first-order valence-corrected chi connectivity index (χ1v) is 11.5. The van der Waals surface area contributed by atoms with Crippen molar-refractivity contribution >= 4 is 5.97 Å². The number of fused-ring (bicyclic) bond motifs is 1. The van der Waals surface area contributed by atoms with E-state index in [-0.39, 0.29) is 22.7 Å². The Hall–Kier alpha value is -2.87. The van der Waals surface area contributed by atoms with Gasteiger partial charge in [0, 0.05) is 5.56 Å². The van der Waals surface area contributed by atoms with E-state index in [0.717, 1.165) is 16.9 Å². The molecule has 0 spiro atoms. The summed E-state index contributed by atoms with van der Waals surface area (Å²) in [6.45, 7) is 17.4. The van der Waals surface area contributed by atoms with Gasteiger partial charge in [-0.05, 0) is 69.7 Å². The van der Waals surface area contributed by atoms with Crippen molar-refractivity contribution in [3.05, 3.63) is 76.9 Å². The van der Waals surface area contributed by atoms with E-state index in [9.17, 15) is 4.79 Å². The third-order valence-corrected chi connectivity index (χ3v) is 6.53. The number of ether oxygens (including phenoxy) is 1. The van der Waals surface area contributed by atoms with Crippen molar-refractivity contribution in [3.63, 3.8) is 0 Å². The lowest BCUT2D eigenvalue weighted by molar-refractivity contribution is -0.136. The maximum Gasteiger partial charge on any atom is 0.319 e. The summed E-state index contributed by atoms with van der Waals surface area (Å²) in [5.74, 6) is 0.284. The van der Waals surface area contributed by atoms with Crippen LogP contribution in [0.25, 0.3) is 22.3 Å². The van der Waals surface area contributed by atoms with Gasteiger partial charge in [-0.25, -0.2) is 0 Å². The molecule has 1 aliphatic heterocycles. The minimum absolute atomic E-state index is 0.143. The van der Waals surface area contributed by atoms with E-state index in [1.165, 1.54) is 33.4 Å². The Morgan fingerprint density at radius 3 is 1.78 bits per heavy atom. The molecule has 32 heavy (non-hydrogen) atoms. The van der Waals surface area contributed by atoms with E-state index in [1.807, 2.05) is 0 Å². The lowest BCUT2D eigenvalue weighted by Crippen LogP contribution is -2.27. The topological polar surface area (TPSA) is 26.3 Å². The number of aryl methyl sites for hydroxylation is 2. The molecule has 0 saturated carbocycles. The van der Waals surface area contributed by atoms with E-state index in [2.05, 4.69) is 110 Å². The molecule has 0 aromatic heterocycles. The Morgan fingerprint density at radius 2 is 1.28 bits per heavy atom. The van der Waals surface area contributed by atoms with E-state index in [0.29, 0.717) is 0 Å². The Morgan fingerprint density at radius 1 is 0.750 bits per heavy atom. The number of esters is 1. The van der Waals surface area contributed by atoms with Crippen LogP contribution in [0.1, 0.15) is 69.7 Å². The van der Waals surface area contributed by atoms with Crippen LogP contribution in [0, 0.1) is 19.3 Å². The fourth-order valence-electron chi connectivity index (χ4n) is 5.12. The first-order chi connectivity index (χ1) is 14.9. The second kappa shape index (κ2) is 7.62. The summed E-state index contributed by atoms with van der Waals surface area (Å²) in [5, 5.41) is 0. The van der Waals surface area contributed by atoms with Crippen molar-refractivity contribution in [1.29, 1.82) is 0 Å². The molecule has 0 bridgehead atoms. The second-order valence-electron chi connectivity index (χ2n) is 11.2. The number of carbonyl (C=O) groups is 1. The van der Waals surface area contributed by atoms with Crippen LogP contribution in [0.5, 0.6) is 5.75 Å². The molecule has 2 heteroatoms. The first kappa shape index (κ1) is 22.3.